The van der Waals surface area contributed by atoms with Gasteiger partial charge in [0.1, 0.15) is 23.5 Å². The number of urea groups is 2. The van der Waals surface area contributed by atoms with Gasteiger partial charge < -0.3 is 31.3 Å². The zero-order valence-electron chi connectivity index (χ0n) is 24.1. The molecule has 5 N–H and O–H groups in total. The van der Waals surface area contributed by atoms with Gasteiger partial charge in [-0.25, -0.2) is 27.9 Å². The summed E-state index contributed by atoms with van der Waals surface area (Å²) in [6.07, 6.45) is -2.36. The van der Waals surface area contributed by atoms with Crippen LogP contribution in [0.4, 0.5) is 48.7 Å². The van der Waals surface area contributed by atoms with E-state index in [4.69, 9.17) is 5.73 Å². The van der Waals surface area contributed by atoms with Crippen LogP contribution in [0.3, 0.4) is 0 Å². The second-order valence-corrected chi connectivity index (χ2v) is 10.7. The number of benzene rings is 2. The summed E-state index contributed by atoms with van der Waals surface area (Å²) >= 11 is 0. The number of aliphatic hydroxyl groups is 1. The van der Waals surface area contributed by atoms with Gasteiger partial charge in [-0.2, -0.15) is 18.3 Å². The van der Waals surface area contributed by atoms with Crippen LogP contribution >= 0.6 is 0 Å². The lowest BCUT2D eigenvalue weighted by Gasteiger charge is -2.33. The van der Waals surface area contributed by atoms with Crippen molar-refractivity contribution in [2.45, 2.75) is 31.5 Å². The average Bonchev–Trinajstić information content (AvgIpc) is 3.34. The molecule has 0 spiro atoms. The number of rotatable bonds is 5. The highest BCUT2D eigenvalue weighted by Gasteiger charge is 2.33. The van der Waals surface area contributed by atoms with Crippen molar-refractivity contribution in [2.24, 2.45) is 0 Å². The third-order valence-corrected chi connectivity index (χ3v) is 7.64. The molecular weight excluding hydrogens is 603 g/mol. The Morgan fingerprint density at radius 2 is 1.73 bits per heavy atom. The highest BCUT2D eigenvalue weighted by atomic mass is 19.4. The van der Waals surface area contributed by atoms with Gasteiger partial charge in [0, 0.05) is 44.2 Å². The molecule has 45 heavy (non-hydrogen) atoms. The van der Waals surface area contributed by atoms with E-state index in [1.54, 1.807) is 23.5 Å². The van der Waals surface area contributed by atoms with E-state index in [0.717, 1.165) is 6.07 Å². The van der Waals surface area contributed by atoms with Crippen LogP contribution in [0.2, 0.25) is 0 Å². The molecule has 0 aliphatic carbocycles. The number of anilines is 3. The van der Waals surface area contributed by atoms with Crippen molar-refractivity contribution in [1.82, 2.24) is 24.4 Å². The van der Waals surface area contributed by atoms with Crippen LogP contribution in [0, 0.1) is 11.6 Å². The molecular formula is C29H29F5N8O3. The molecule has 0 radical (unpaired) electrons. The molecule has 1 aliphatic rings. The molecule has 11 nitrogen and oxygen atoms in total. The first-order chi connectivity index (χ1) is 21.3. The largest absolute Gasteiger partial charge is 0.416 e. The first-order valence-corrected chi connectivity index (χ1v) is 13.8. The average molecular weight is 633 g/mol. The van der Waals surface area contributed by atoms with Crippen LogP contribution in [-0.4, -0.2) is 68.8 Å². The highest BCUT2D eigenvalue weighted by molar-refractivity contribution is 6.00. The summed E-state index contributed by atoms with van der Waals surface area (Å²) in [5, 5.41) is 19.0. The summed E-state index contributed by atoms with van der Waals surface area (Å²) < 4.78 is 70.1. The number of amides is 4. The molecule has 1 saturated heterocycles. The van der Waals surface area contributed by atoms with E-state index < -0.39 is 41.7 Å². The molecule has 5 rings (SSSR count). The fraction of sp³-hybridized carbons (Fsp3) is 0.310. The molecule has 0 bridgehead atoms. The standard InChI is InChI=1S/C29H29F5N8O3/c1-40(2)28(45)41-9-7-15(8-10-41)24-18(13-43)23(25-26(35)36-14-37-42(24)25)16-3-6-21(20(31)11-16)38-27(44)39-22-12-17(29(32,33)34)4-5-19(22)30/h3-6,11-12,14-15,43H,7-10,13H2,1-2H3,(H2,35,36,37)(H2,38,39,44). The summed E-state index contributed by atoms with van der Waals surface area (Å²) in [5.74, 6) is -2.09. The fourth-order valence-corrected chi connectivity index (χ4v) is 5.55. The third kappa shape index (κ3) is 6.18. The monoisotopic (exact) mass is 632 g/mol. The van der Waals surface area contributed by atoms with Gasteiger partial charge >= 0.3 is 18.2 Å². The second-order valence-electron chi connectivity index (χ2n) is 10.7. The summed E-state index contributed by atoms with van der Waals surface area (Å²) in [5.41, 5.74) is 6.05. The van der Waals surface area contributed by atoms with Crippen molar-refractivity contribution in [3.63, 3.8) is 0 Å². The minimum Gasteiger partial charge on any atom is -0.392 e. The number of carbonyl (C=O) groups is 2. The maximum Gasteiger partial charge on any atom is 0.416 e. The molecule has 0 saturated carbocycles. The van der Waals surface area contributed by atoms with E-state index in [2.05, 4.69) is 15.4 Å². The number of likely N-dealkylation sites (tertiary alicyclic amines) is 1. The molecule has 1 aliphatic heterocycles. The molecule has 238 valence electrons. The van der Waals surface area contributed by atoms with Crippen LogP contribution in [0.1, 0.15) is 35.6 Å². The van der Waals surface area contributed by atoms with Gasteiger partial charge in [-0.05, 0) is 48.7 Å². The van der Waals surface area contributed by atoms with Crippen molar-refractivity contribution >= 4 is 34.8 Å². The lowest BCUT2D eigenvalue weighted by atomic mass is 9.89. The van der Waals surface area contributed by atoms with Gasteiger partial charge in [0.15, 0.2) is 5.82 Å². The Hall–Kier alpha value is -4.99. The van der Waals surface area contributed by atoms with Crippen molar-refractivity contribution in [3.05, 3.63) is 71.2 Å². The van der Waals surface area contributed by atoms with E-state index in [-0.39, 0.29) is 29.0 Å². The number of fused-ring (bicyclic) bond motifs is 1. The maximum atomic E-state index is 15.4. The predicted molar refractivity (Wildman–Crippen MR) is 155 cm³/mol. The number of nitrogens with one attached hydrogen (secondary N) is 2. The van der Waals surface area contributed by atoms with E-state index >= 15 is 4.39 Å². The number of nitrogen functional groups attached to an aromatic ring is 1. The summed E-state index contributed by atoms with van der Waals surface area (Å²) in [7, 11) is 3.35. The van der Waals surface area contributed by atoms with Crippen LogP contribution in [0.5, 0.6) is 0 Å². The Bertz CT molecular complexity index is 1770. The first-order valence-electron chi connectivity index (χ1n) is 13.8. The van der Waals surface area contributed by atoms with Crippen molar-refractivity contribution in [2.75, 3.05) is 43.6 Å². The number of aliphatic hydroxyl groups excluding tert-OH is 1. The SMILES string of the molecule is CN(C)C(=O)N1CCC(c2c(CO)c(-c3ccc(NC(=O)Nc4cc(C(F)(F)F)ccc4F)c(F)c3)c3c(N)ncnn23)CC1. The Kier molecular flexibility index (Phi) is 8.51. The molecule has 2 aromatic carbocycles. The van der Waals surface area contributed by atoms with Gasteiger partial charge in [-0.15, -0.1) is 0 Å². The third-order valence-electron chi connectivity index (χ3n) is 7.64. The zero-order valence-corrected chi connectivity index (χ0v) is 24.1. The predicted octanol–water partition coefficient (Wildman–Crippen LogP) is 5.27. The number of hydrogen-bond donors (Lipinski definition) is 4. The minimum atomic E-state index is -4.77. The summed E-state index contributed by atoms with van der Waals surface area (Å²) in [6, 6.07) is 3.98. The number of piperidine rings is 1. The van der Waals surface area contributed by atoms with Crippen LogP contribution in [0.15, 0.2) is 42.7 Å². The molecule has 0 atom stereocenters. The number of carbonyl (C=O) groups excluding carboxylic acids is 2. The topological polar surface area (TPSA) is 141 Å². The molecule has 0 unspecified atom stereocenters. The molecule has 3 heterocycles. The molecule has 4 amide bonds. The Balaban J connectivity index is 1.44. The fourth-order valence-electron chi connectivity index (χ4n) is 5.55. The smallest absolute Gasteiger partial charge is 0.392 e. The molecule has 2 aromatic heterocycles. The number of aromatic nitrogens is 3. The van der Waals surface area contributed by atoms with Crippen molar-refractivity contribution in [1.29, 1.82) is 0 Å². The van der Waals surface area contributed by atoms with Crippen molar-refractivity contribution in [3.8, 4) is 11.1 Å². The lowest BCUT2D eigenvalue weighted by molar-refractivity contribution is -0.137. The van der Waals surface area contributed by atoms with Crippen LogP contribution in [0.25, 0.3) is 16.6 Å². The zero-order chi connectivity index (χ0) is 32.6. The van der Waals surface area contributed by atoms with E-state index in [1.807, 2.05) is 5.32 Å². The summed E-state index contributed by atoms with van der Waals surface area (Å²) in [6.45, 7) is 0.491. The molecule has 4 aromatic rings. The van der Waals surface area contributed by atoms with Crippen LogP contribution in [-0.2, 0) is 12.8 Å². The number of nitrogens with zero attached hydrogens (tertiary/aromatic N) is 5. The number of nitrogens with two attached hydrogens (primary N) is 1. The normalized spacial score (nSPS) is 14.1. The van der Waals surface area contributed by atoms with E-state index in [9.17, 15) is 32.3 Å². The number of alkyl halides is 3. The number of hydrogen-bond acceptors (Lipinski definition) is 6. The Morgan fingerprint density at radius 3 is 2.36 bits per heavy atom. The van der Waals surface area contributed by atoms with Gasteiger partial charge in [0.05, 0.1) is 29.2 Å². The van der Waals surface area contributed by atoms with Gasteiger partial charge in [-0.1, -0.05) is 6.07 Å². The summed E-state index contributed by atoms with van der Waals surface area (Å²) in [4.78, 5) is 32.2. The van der Waals surface area contributed by atoms with Gasteiger partial charge in [0.25, 0.3) is 0 Å². The van der Waals surface area contributed by atoms with Crippen molar-refractivity contribution < 1.29 is 36.6 Å². The van der Waals surface area contributed by atoms with E-state index in [0.29, 0.717) is 66.5 Å². The highest BCUT2D eigenvalue weighted by Crippen LogP contribution is 2.42. The minimum absolute atomic E-state index is 0.0753. The molecule has 16 heteroatoms. The Labute approximate surface area is 253 Å². The lowest BCUT2D eigenvalue weighted by Crippen LogP contribution is -2.43. The quantitative estimate of drug-likeness (QED) is 0.221. The first kappa shape index (κ1) is 31.4. The van der Waals surface area contributed by atoms with E-state index in [1.165, 1.54) is 23.4 Å². The van der Waals surface area contributed by atoms with Gasteiger partial charge in [0.2, 0.25) is 0 Å². The molecule has 1 fully saturated rings. The second kappa shape index (κ2) is 12.2. The Morgan fingerprint density at radius 1 is 1.04 bits per heavy atom. The van der Waals surface area contributed by atoms with Crippen LogP contribution < -0.4 is 16.4 Å². The van der Waals surface area contributed by atoms with Gasteiger partial charge in [-0.3, -0.25) is 0 Å². The number of halogens is 5. The maximum absolute atomic E-state index is 15.4.